The molecule has 1 N–H and O–H groups in total. The van der Waals surface area contributed by atoms with Crippen LogP contribution in [0.1, 0.15) is 5.56 Å². The van der Waals surface area contributed by atoms with E-state index in [-0.39, 0.29) is 6.54 Å². The second kappa shape index (κ2) is 6.78. The van der Waals surface area contributed by atoms with Gasteiger partial charge in [-0.3, -0.25) is 9.48 Å². The number of hydrogen-bond donors (Lipinski definition) is 1. The Kier molecular flexibility index (Phi) is 5.22. The first-order chi connectivity index (χ1) is 11.8. The van der Waals surface area contributed by atoms with Crippen molar-refractivity contribution in [1.29, 1.82) is 0 Å². The number of anilines is 1. The number of halogens is 8. The summed E-state index contributed by atoms with van der Waals surface area (Å²) in [4.78, 5) is 11.2. The Labute approximate surface area is 146 Å². The predicted octanol–water partition coefficient (Wildman–Crippen LogP) is 4.36. The minimum absolute atomic E-state index is 0.113. The van der Waals surface area contributed by atoms with Crippen LogP contribution >= 0.6 is 11.6 Å². The van der Waals surface area contributed by atoms with Crippen LogP contribution in [0.5, 0.6) is 0 Å². The summed E-state index contributed by atoms with van der Waals surface area (Å²) < 4.78 is 89.5. The van der Waals surface area contributed by atoms with E-state index in [1.165, 1.54) is 11.5 Å². The van der Waals surface area contributed by atoms with E-state index >= 15 is 0 Å². The van der Waals surface area contributed by atoms with Crippen molar-refractivity contribution in [2.45, 2.75) is 24.6 Å². The number of benzene rings is 1. The minimum Gasteiger partial charge on any atom is -0.304 e. The Morgan fingerprint density at radius 1 is 1.04 bits per heavy atom. The van der Waals surface area contributed by atoms with Crippen molar-refractivity contribution < 1.29 is 35.5 Å². The number of nitrogens with zero attached hydrogens (tertiary/aromatic N) is 2. The van der Waals surface area contributed by atoms with Crippen molar-refractivity contribution in [3.8, 4) is 0 Å². The largest absolute Gasteiger partial charge is 0.460 e. The molecule has 12 heteroatoms. The SMILES string of the molecule is O=C(Nc1ccn(Cc2ccc(Cl)cc2)n1)C(F)(F)C(F)(F)C(F)(F)F. The molecular weight excluding hydrogens is 395 g/mol. The van der Waals surface area contributed by atoms with Gasteiger partial charge in [0.05, 0.1) is 6.54 Å². The van der Waals surface area contributed by atoms with Crippen molar-refractivity contribution in [3.05, 3.63) is 47.1 Å². The molecule has 0 bridgehead atoms. The molecule has 1 aromatic carbocycles. The van der Waals surface area contributed by atoms with Gasteiger partial charge < -0.3 is 5.32 Å². The molecule has 0 aliphatic carbocycles. The molecule has 0 saturated heterocycles. The molecule has 0 unspecified atom stereocenters. The number of nitrogens with one attached hydrogen (secondary N) is 1. The smallest absolute Gasteiger partial charge is 0.304 e. The molecule has 0 spiro atoms. The molecule has 0 saturated carbocycles. The number of amides is 1. The highest BCUT2D eigenvalue weighted by atomic mass is 35.5. The Hall–Kier alpha value is -2.30. The lowest BCUT2D eigenvalue weighted by Gasteiger charge is -2.26. The molecule has 142 valence electrons. The summed E-state index contributed by atoms with van der Waals surface area (Å²) in [6.45, 7) is 0.113. The molecule has 0 aliphatic heterocycles. The zero-order valence-electron chi connectivity index (χ0n) is 12.5. The maximum Gasteiger partial charge on any atom is 0.460 e. The van der Waals surface area contributed by atoms with E-state index in [1.54, 1.807) is 24.3 Å². The maximum atomic E-state index is 13.2. The molecule has 0 radical (unpaired) electrons. The van der Waals surface area contributed by atoms with Gasteiger partial charge in [-0.1, -0.05) is 23.7 Å². The highest BCUT2D eigenvalue weighted by Crippen LogP contribution is 2.46. The number of alkyl halides is 7. The van der Waals surface area contributed by atoms with Crippen molar-refractivity contribution in [2.75, 3.05) is 5.32 Å². The van der Waals surface area contributed by atoms with Gasteiger partial charge in [0.15, 0.2) is 5.82 Å². The summed E-state index contributed by atoms with van der Waals surface area (Å²) in [7, 11) is 0. The first-order valence-electron chi connectivity index (χ1n) is 6.76. The maximum absolute atomic E-state index is 13.2. The molecule has 2 aromatic rings. The fraction of sp³-hybridized carbons (Fsp3) is 0.286. The molecule has 2 rings (SSSR count). The van der Waals surface area contributed by atoms with Gasteiger partial charge in [-0.25, -0.2) is 0 Å². The number of carbonyl (C=O) groups is 1. The fourth-order valence-corrected chi connectivity index (χ4v) is 1.93. The third-order valence-electron chi connectivity index (χ3n) is 3.18. The van der Waals surface area contributed by atoms with Crippen LogP contribution in [0.25, 0.3) is 0 Å². The molecule has 1 amide bonds. The Bertz CT molecular complexity index is 787. The zero-order chi connectivity index (χ0) is 19.8. The number of rotatable bonds is 5. The molecular formula is C14H9ClF7N3O. The van der Waals surface area contributed by atoms with Crippen LogP contribution in [0, 0.1) is 0 Å². The summed E-state index contributed by atoms with van der Waals surface area (Å²) in [5.41, 5.74) is 0.685. The minimum atomic E-state index is -6.60. The van der Waals surface area contributed by atoms with Crippen LogP contribution in [0.3, 0.4) is 0 Å². The second-order valence-corrected chi connectivity index (χ2v) is 5.56. The molecule has 0 atom stereocenters. The highest BCUT2D eigenvalue weighted by Gasteiger charge is 2.76. The van der Waals surface area contributed by atoms with E-state index in [1.807, 2.05) is 0 Å². The number of aromatic nitrogens is 2. The number of hydrogen-bond acceptors (Lipinski definition) is 2. The predicted molar refractivity (Wildman–Crippen MR) is 77.4 cm³/mol. The van der Waals surface area contributed by atoms with E-state index in [4.69, 9.17) is 11.6 Å². The van der Waals surface area contributed by atoms with E-state index < -0.39 is 29.7 Å². The van der Waals surface area contributed by atoms with E-state index in [0.29, 0.717) is 10.6 Å². The molecule has 0 fully saturated rings. The molecule has 26 heavy (non-hydrogen) atoms. The van der Waals surface area contributed by atoms with Crippen LogP contribution in [0.2, 0.25) is 5.02 Å². The van der Waals surface area contributed by atoms with E-state index in [0.717, 1.165) is 10.7 Å². The average molecular weight is 404 g/mol. The third kappa shape index (κ3) is 3.92. The second-order valence-electron chi connectivity index (χ2n) is 5.13. The lowest BCUT2D eigenvalue weighted by Crippen LogP contribution is -2.57. The Morgan fingerprint density at radius 2 is 1.62 bits per heavy atom. The molecule has 0 aliphatic rings. The van der Waals surface area contributed by atoms with Gasteiger partial charge in [0, 0.05) is 17.3 Å². The highest BCUT2D eigenvalue weighted by molar-refractivity contribution is 6.30. The Balaban J connectivity index is 2.10. The zero-order valence-corrected chi connectivity index (χ0v) is 13.3. The van der Waals surface area contributed by atoms with Gasteiger partial charge in [0.25, 0.3) is 0 Å². The monoisotopic (exact) mass is 403 g/mol. The van der Waals surface area contributed by atoms with Crippen molar-refractivity contribution in [2.24, 2.45) is 0 Å². The van der Waals surface area contributed by atoms with Crippen LogP contribution in [0.4, 0.5) is 36.6 Å². The summed E-state index contributed by atoms with van der Waals surface area (Å²) >= 11 is 5.71. The first kappa shape index (κ1) is 20.0. The van der Waals surface area contributed by atoms with Gasteiger partial charge in [-0.2, -0.15) is 35.8 Å². The van der Waals surface area contributed by atoms with E-state index in [9.17, 15) is 35.5 Å². The first-order valence-corrected chi connectivity index (χ1v) is 7.14. The van der Waals surface area contributed by atoms with E-state index in [2.05, 4.69) is 5.10 Å². The molecule has 4 nitrogen and oxygen atoms in total. The lowest BCUT2D eigenvalue weighted by molar-refractivity contribution is -0.343. The van der Waals surface area contributed by atoms with Crippen LogP contribution in [-0.2, 0) is 11.3 Å². The standard InChI is InChI=1S/C14H9ClF7N3O/c15-9-3-1-8(2-4-9)7-25-6-5-10(24-25)23-11(26)12(16,17)13(18,19)14(20,21)22/h1-6H,7H2,(H,23,24,26). The molecule has 1 aromatic heterocycles. The van der Waals surface area contributed by atoms with Crippen molar-refractivity contribution in [1.82, 2.24) is 9.78 Å². The summed E-state index contributed by atoms with van der Waals surface area (Å²) in [5.74, 6) is -16.0. The van der Waals surface area contributed by atoms with Crippen molar-refractivity contribution in [3.63, 3.8) is 0 Å². The normalized spacial score (nSPS) is 12.9. The summed E-state index contributed by atoms with van der Waals surface area (Å²) in [5, 5.41) is 5.34. The van der Waals surface area contributed by atoms with Crippen molar-refractivity contribution >= 4 is 23.3 Å². The Morgan fingerprint density at radius 3 is 2.15 bits per heavy atom. The van der Waals surface area contributed by atoms with Gasteiger partial charge >= 0.3 is 23.9 Å². The van der Waals surface area contributed by atoms with Crippen LogP contribution in [-0.4, -0.2) is 33.7 Å². The van der Waals surface area contributed by atoms with Gasteiger partial charge in [-0.05, 0) is 17.7 Å². The number of carbonyl (C=O) groups excluding carboxylic acids is 1. The van der Waals surface area contributed by atoms with Gasteiger partial charge in [0.1, 0.15) is 0 Å². The summed E-state index contributed by atoms with van der Waals surface area (Å²) in [6.07, 6.45) is -5.38. The summed E-state index contributed by atoms with van der Waals surface area (Å²) in [6, 6.07) is 7.36. The average Bonchev–Trinajstić information content (AvgIpc) is 2.95. The topological polar surface area (TPSA) is 46.9 Å². The van der Waals surface area contributed by atoms with Gasteiger partial charge in [-0.15, -0.1) is 0 Å². The third-order valence-corrected chi connectivity index (χ3v) is 3.43. The quantitative estimate of drug-likeness (QED) is 0.754. The fourth-order valence-electron chi connectivity index (χ4n) is 1.81. The van der Waals surface area contributed by atoms with Crippen LogP contribution in [0.15, 0.2) is 36.5 Å². The van der Waals surface area contributed by atoms with Crippen LogP contribution < -0.4 is 5.32 Å². The lowest BCUT2D eigenvalue weighted by atomic mass is 10.1. The van der Waals surface area contributed by atoms with Gasteiger partial charge in [0.2, 0.25) is 0 Å². The molecule has 1 heterocycles.